The average molecular weight is 412 g/mol. The van der Waals surface area contributed by atoms with E-state index in [0.717, 1.165) is 12.8 Å². The maximum Gasteiger partial charge on any atom is 1.00 e. The Labute approximate surface area is 202 Å². The number of aliphatic carboxylic acids is 2. The Kier molecular flexibility index (Phi) is 31.6. The standard InChI is InChI=1S/C12H26O3S.C4H6O4.2Na/c1-2-3-4-5-6-7-8-9-10-11-12-16(13,14)15;5-3(6)1-2-4(7)8;;/h2-12H2,1H3,(H,13,14,15);1-2H2,(H,5,6)(H,7,8);;/q;;2*+1/p-2. The van der Waals surface area contributed by atoms with Gasteiger partial charge in [0.05, 0.1) is 5.75 Å². The molecule has 0 aromatic rings. The Hall–Kier alpha value is 0.850. The number of carboxylic acids is 2. The van der Waals surface area contributed by atoms with Crippen molar-refractivity contribution in [3.63, 3.8) is 0 Å². The van der Waals surface area contributed by atoms with Crippen LogP contribution < -0.4 is 69.3 Å². The molecule has 0 bridgehead atoms. The molecule has 26 heavy (non-hydrogen) atoms. The topological polar surface area (TPSA) is 135 Å². The van der Waals surface area contributed by atoms with Crippen molar-refractivity contribution in [3.8, 4) is 0 Å². The molecule has 0 saturated heterocycles. The summed E-state index contributed by atoms with van der Waals surface area (Å²) in [6.07, 6.45) is 10.7. The van der Waals surface area contributed by atoms with Gasteiger partial charge in [0.2, 0.25) is 0 Å². The Balaban J connectivity index is -0.000000208. The third-order valence-corrected chi connectivity index (χ3v) is 4.09. The Bertz CT molecular complexity index is 414. The van der Waals surface area contributed by atoms with E-state index in [1.807, 2.05) is 0 Å². The molecule has 0 aliphatic rings. The van der Waals surface area contributed by atoms with E-state index in [2.05, 4.69) is 6.92 Å². The van der Waals surface area contributed by atoms with Gasteiger partial charge in [-0.2, -0.15) is 8.42 Å². The second kappa shape index (κ2) is 23.9. The molecule has 1 N–H and O–H groups in total. The van der Waals surface area contributed by atoms with E-state index in [-0.39, 0.29) is 64.9 Å². The van der Waals surface area contributed by atoms with Gasteiger partial charge in [-0.25, -0.2) is 0 Å². The van der Waals surface area contributed by atoms with E-state index in [0.29, 0.717) is 6.42 Å². The van der Waals surface area contributed by atoms with Crippen LogP contribution in [0.5, 0.6) is 0 Å². The first-order chi connectivity index (χ1) is 11.2. The van der Waals surface area contributed by atoms with Crippen molar-refractivity contribution in [1.82, 2.24) is 0 Å². The van der Waals surface area contributed by atoms with Gasteiger partial charge in [-0.3, -0.25) is 4.55 Å². The first-order valence-corrected chi connectivity index (χ1v) is 10.1. The molecule has 0 atom stereocenters. The number of hydrogen-bond acceptors (Lipinski definition) is 6. The zero-order valence-electron chi connectivity index (χ0n) is 16.5. The normalized spacial score (nSPS) is 9.92. The van der Waals surface area contributed by atoms with Gasteiger partial charge >= 0.3 is 59.1 Å². The summed E-state index contributed by atoms with van der Waals surface area (Å²) < 4.78 is 29.4. The molecule has 0 aromatic heterocycles. The van der Waals surface area contributed by atoms with Gasteiger partial charge in [-0.05, 0) is 19.3 Å². The molecule has 0 saturated carbocycles. The Morgan fingerprint density at radius 1 is 0.731 bits per heavy atom. The van der Waals surface area contributed by atoms with Gasteiger partial charge in [0, 0.05) is 11.9 Å². The molecule has 0 rings (SSSR count). The summed E-state index contributed by atoms with van der Waals surface area (Å²) >= 11 is 0. The molecule has 0 fully saturated rings. The van der Waals surface area contributed by atoms with Crippen LogP contribution in [0.3, 0.4) is 0 Å². The van der Waals surface area contributed by atoms with Crippen LogP contribution in [0.15, 0.2) is 0 Å². The third-order valence-electron chi connectivity index (χ3n) is 3.29. The van der Waals surface area contributed by atoms with Gasteiger partial charge in [-0.1, -0.05) is 64.7 Å². The minimum absolute atomic E-state index is 0. The number of hydrogen-bond donors (Lipinski definition) is 1. The van der Waals surface area contributed by atoms with E-state index in [1.165, 1.54) is 44.9 Å². The maximum atomic E-state index is 10.4. The van der Waals surface area contributed by atoms with Crippen LogP contribution in [-0.2, 0) is 19.7 Å². The fraction of sp³-hybridized carbons (Fsp3) is 0.875. The molecule has 0 aliphatic heterocycles. The van der Waals surface area contributed by atoms with Crippen LogP contribution in [0.25, 0.3) is 0 Å². The number of rotatable bonds is 14. The molecular weight excluding hydrogens is 382 g/mol. The van der Waals surface area contributed by atoms with Crippen LogP contribution >= 0.6 is 0 Å². The maximum absolute atomic E-state index is 10.4. The summed E-state index contributed by atoms with van der Waals surface area (Å²) in [4.78, 5) is 19.0. The predicted octanol–water partition coefficient (Wildman–Crippen LogP) is -4.93. The average Bonchev–Trinajstić information content (AvgIpc) is 2.46. The summed E-state index contributed by atoms with van der Waals surface area (Å²) in [6.45, 7) is 2.22. The molecule has 7 nitrogen and oxygen atoms in total. The number of unbranched alkanes of at least 4 members (excludes halogenated alkanes) is 9. The van der Waals surface area contributed by atoms with Crippen LogP contribution in [0.2, 0.25) is 0 Å². The zero-order chi connectivity index (χ0) is 18.8. The summed E-state index contributed by atoms with van der Waals surface area (Å²) in [5.41, 5.74) is 0. The van der Waals surface area contributed by atoms with Gasteiger partial charge in [0.15, 0.2) is 0 Å². The number of carboxylic acid groups (broad SMARTS) is 2. The van der Waals surface area contributed by atoms with Gasteiger partial charge in [0.25, 0.3) is 10.1 Å². The number of carbonyl (C=O) groups excluding carboxylic acids is 2. The van der Waals surface area contributed by atoms with Crippen molar-refractivity contribution >= 4 is 22.1 Å². The molecule has 0 spiro atoms. The van der Waals surface area contributed by atoms with Gasteiger partial charge < -0.3 is 19.8 Å². The largest absolute Gasteiger partial charge is 1.00 e. The van der Waals surface area contributed by atoms with E-state index in [1.54, 1.807) is 0 Å². The smallest absolute Gasteiger partial charge is 0.550 e. The summed E-state index contributed by atoms with van der Waals surface area (Å²) in [7, 11) is -3.73. The quantitative estimate of drug-likeness (QED) is 0.172. The van der Waals surface area contributed by atoms with Crippen molar-refractivity contribution < 1.29 is 91.9 Å². The second-order valence-corrected chi connectivity index (χ2v) is 7.28. The molecule has 0 aromatic carbocycles. The Morgan fingerprint density at radius 2 is 1.04 bits per heavy atom. The van der Waals surface area contributed by atoms with Crippen LogP contribution in [0.1, 0.15) is 84.0 Å². The van der Waals surface area contributed by atoms with Crippen molar-refractivity contribution in [2.75, 3.05) is 5.75 Å². The van der Waals surface area contributed by atoms with Crippen LogP contribution in [0.4, 0.5) is 0 Å². The molecule has 10 heteroatoms. The second-order valence-electron chi connectivity index (χ2n) is 5.71. The molecule has 0 amide bonds. The number of carbonyl (C=O) groups is 2. The van der Waals surface area contributed by atoms with Crippen molar-refractivity contribution in [2.45, 2.75) is 84.0 Å². The van der Waals surface area contributed by atoms with Gasteiger partial charge in [-0.15, -0.1) is 0 Å². The summed E-state index contributed by atoms with van der Waals surface area (Å²) in [5, 5.41) is 19.0. The van der Waals surface area contributed by atoms with E-state index < -0.39 is 34.9 Å². The van der Waals surface area contributed by atoms with E-state index in [9.17, 15) is 28.2 Å². The fourth-order valence-electron chi connectivity index (χ4n) is 1.98. The molecule has 0 unspecified atom stereocenters. The predicted molar refractivity (Wildman–Crippen MR) is 87.5 cm³/mol. The molecule has 0 radical (unpaired) electrons. The van der Waals surface area contributed by atoms with Crippen LogP contribution in [0, 0.1) is 0 Å². The summed E-state index contributed by atoms with van der Waals surface area (Å²) in [6, 6.07) is 0. The monoisotopic (exact) mass is 412 g/mol. The SMILES string of the molecule is CCCCCCCCCCCCS(=O)(=O)O.O=C([O-])CCC(=O)[O-].[Na+].[Na+]. The third kappa shape index (κ3) is 39.8. The fourth-order valence-corrected chi connectivity index (χ4v) is 2.54. The van der Waals surface area contributed by atoms with Gasteiger partial charge in [0.1, 0.15) is 0 Å². The molecule has 144 valence electrons. The summed E-state index contributed by atoms with van der Waals surface area (Å²) in [5.74, 6) is -2.81. The van der Waals surface area contributed by atoms with E-state index >= 15 is 0 Å². The van der Waals surface area contributed by atoms with Crippen molar-refractivity contribution in [1.29, 1.82) is 0 Å². The molecule has 0 heterocycles. The first-order valence-electron chi connectivity index (χ1n) is 8.54. The first kappa shape index (κ1) is 34.4. The van der Waals surface area contributed by atoms with Crippen LogP contribution in [-0.4, -0.2) is 30.7 Å². The Morgan fingerprint density at radius 3 is 1.31 bits per heavy atom. The molecular formula is C16H30Na2O7S. The molecule has 0 aliphatic carbocycles. The zero-order valence-corrected chi connectivity index (χ0v) is 21.3. The van der Waals surface area contributed by atoms with E-state index in [4.69, 9.17) is 4.55 Å². The van der Waals surface area contributed by atoms with Crippen molar-refractivity contribution in [3.05, 3.63) is 0 Å². The minimum Gasteiger partial charge on any atom is -0.550 e. The minimum atomic E-state index is -3.73. The van der Waals surface area contributed by atoms with Crippen molar-refractivity contribution in [2.24, 2.45) is 0 Å².